The molecule has 1 N–H and O–H groups in total. The Labute approximate surface area is 107 Å². The molecule has 0 saturated heterocycles. The summed E-state index contributed by atoms with van der Waals surface area (Å²) in [6.45, 7) is 2.52. The summed E-state index contributed by atoms with van der Waals surface area (Å²) in [4.78, 5) is 4.07. The van der Waals surface area contributed by atoms with Gasteiger partial charge in [0.1, 0.15) is 18.1 Å². The molecule has 94 valence electrons. The molecule has 0 atom stereocenters. The highest BCUT2D eigenvalue weighted by atomic mass is 16.5. The average Bonchev–Trinajstić information content (AvgIpc) is 2.45. The Kier molecular flexibility index (Phi) is 4.31. The third-order valence-corrected chi connectivity index (χ3v) is 2.79. The van der Waals surface area contributed by atoms with Crippen molar-refractivity contribution in [3.63, 3.8) is 0 Å². The van der Waals surface area contributed by atoms with Crippen molar-refractivity contribution >= 4 is 0 Å². The monoisotopic (exact) mass is 243 g/mol. The summed E-state index contributed by atoms with van der Waals surface area (Å²) in [6.07, 6.45) is 2.67. The van der Waals surface area contributed by atoms with Crippen molar-refractivity contribution in [2.24, 2.45) is 0 Å². The standard InChI is InChI=1S/C15H17NO2/c1-2-12-5-3-6-13(9-12)11-18-15-7-4-8-16-14(15)10-17/h3-9,17H,2,10-11H2,1H3. The lowest BCUT2D eigenvalue weighted by Gasteiger charge is -2.09. The summed E-state index contributed by atoms with van der Waals surface area (Å²) < 4.78 is 5.69. The van der Waals surface area contributed by atoms with Crippen molar-refractivity contribution in [3.05, 3.63) is 59.4 Å². The van der Waals surface area contributed by atoms with Crippen LogP contribution in [0.1, 0.15) is 23.7 Å². The van der Waals surface area contributed by atoms with Crippen LogP contribution < -0.4 is 4.74 Å². The Balaban J connectivity index is 2.06. The van der Waals surface area contributed by atoms with E-state index in [9.17, 15) is 0 Å². The van der Waals surface area contributed by atoms with Gasteiger partial charge in [-0.1, -0.05) is 31.2 Å². The third-order valence-electron chi connectivity index (χ3n) is 2.79. The van der Waals surface area contributed by atoms with Gasteiger partial charge in [-0.3, -0.25) is 4.98 Å². The van der Waals surface area contributed by atoms with Crippen LogP contribution in [0.5, 0.6) is 5.75 Å². The van der Waals surface area contributed by atoms with Crippen molar-refractivity contribution in [1.82, 2.24) is 4.98 Å². The number of aliphatic hydroxyl groups excluding tert-OH is 1. The minimum atomic E-state index is -0.106. The fourth-order valence-corrected chi connectivity index (χ4v) is 1.77. The second-order valence-electron chi connectivity index (χ2n) is 4.07. The van der Waals surface area contributed by atoms with Gasteiger partial charge in [-0.25, -0.2) is 0 Å². The molecule has 0 radical (unpaired) electrons. The normalized spacial score (nSPS) is 10.3. The molecule has 1 aromatic heterocycles. The summed E-state index contributed by atoms with van der Waals surface area (Å²) in [7, 11) is 0. The maximum absolute atomic E-state index is 9.16. The molecule has 0 bridgehead atoms. The molecule has 2 rings (SSSR count). The van der Waals surface area contributed by atoms with Gasteiger partial charge in [0.25, 0.3) is 0 Å². The van der Waals surface area contributed by atoms with Crippen molar-refractivity contribution in [1.29, 1.82) is 0 Å². The molecule has 18 heavy (non-hydrogen) atoms. The smallest absolute Gasteiger partial charge is 0.143 e. The second kappa shape index (κ2) is 6.17. The van der Waals surface area contributed by atoms with Gasteiger partial charge in [-0.15, -0.1) is 0 Å². The van der Waals surface area contributed by atoms with Gasteiger partial charge >= 0.3 is 0 Å². The number of benzene rings is 1. The van der Waals surface area contributed by atoms with Gasteiger partial charge in [-0.05, 0) is 29.7 Å². The molecule has 1 heterocycles. The lowest BCUT2D eigenvalue weighted by molar-refractivity contribution is 0.253. The van der Waals surface area contributed by atoms with Crippen LogP contribution in [-0.4, -0.2) is 10.1 Å². The molecule has 1 aromatic carbocycles. The van der Waals surface area contributed by atoms with Gasteiger partial charge in [-0.2, -0.15) is 0 Å². The van der Waals surface area contributed by atoms with E-state index in [1.165, 1.54) is 5.56 Å². The van der Waals surface area contributed by atoms with Crippen molar-refractivity contribution in [3.8, 4) is 5.75 Å². The molecule has 0 fully saturated rings. The molecule has 0 spiro atoms. The molecule has 0 aliphatic rings. The van der Waals surface area contributed by atoms with Crippen LogP contribution in [0.15, 0.2) is 42.6 Å². The first kappa shape index (κ1) is 12.6. The van der Waals surface area contributed by atoms with E-state index in [2.05, 4.69) is 24.0 Å². The van der Waals surface area contributed by atoms with E-state index >= 15 is 0 Å². The minimum absolute atomic E-state index is 0.106. The molecular formula is C15H17NO2. The van der Waals surface area contributed by atoms with Gasteiger partial charge in [0, 0.05) is 6.20 Å². The van der Waals surface area contributed by atoms with Crippen LogP contribution >= 0.6 is 0 Å². The number of aromatic nitrogens is 1. The molecular weight excluding hydrogens is 226 g/mol. The van der Waals surface area contributed by atoms with Crippen LogP contribution in [0.3, 0.4) is 0 Å². The number of hydrogen-bond donors (Lipinski definition) is 1. The number of aliphatic hydroxyl groups is 1. The van der Waals surface area contributed by atoms with E-state index < -0.39 is 0 Å². The van der Waals surface area contributed by atoms with E-state index in [1.807, 2.05) is 18.2 Å². The van der Waals surface area contributed by atoms with Gasteiger partial charge in [0.15, 0.2) is 0 Å². The summed E-state index contributed by atoms with van der Waals surface area (Å²) >= 11 is 0. The van der Waals surface area contributed by atoms with Crippen LogP contribution in [0.4, 0.5) is 0 Å². The number of pyridine rings is 1. The third kappa shape index (κ3) is 3.08. The fraction of sp³-hybridized carbons (Fsp3) is 0.267. The highest BCUT2D eigenvalue weighted by molar-refractivity contribution is 5.28. The molecule has 3 nitrogen and oxygen atoms in total. The van der Waals surface area contributed by atoms with Crippen molar-refractivity contribution in [2.75, 3.05) is 0 Å². The largest absolute Gasteiger partial charge is 0.487 e. The molecule has 2 aromatic rings. The molecule has 0 saturated carbocycles. The Bertz CT molecular complexity index is 511. The Morgan fingerprint density at radius 3 is 2.78 bits per heavy atom. The average molecular weight is 243 g/mol. The SMILES string of the molecule is CCc1cccc(COc2cccnc2CO)c1. The maximum atomic E-state index is 9.16. The minimum Gasteiger partial charge on any atom is -0.487 e. The van der Waals surface area contributed by atoms with E-state index in [0.717, 1.165) is 12.0 Å². The highest BCUT2D eigenvalue weighted by Gasteiger charge is 2.03. The Hall–Kier alpha value is -1.87. The van der Waals surface area contributed by atoms with Gasteiger partial charge in [0.2, 0.25) is 0 Å². The predicted molar refractivity (Wildman–Crippen MR) is 70.3 cm³/mol. The number of hydrogen-bond acceptors (Lipinski definition) is 3. The zero-order valence-electron chi connectivity index (χ0n) is 10.5. The zero-order valence-corrected chi connectivity index (χ0v) is 10.5. The molecule has 0 aliphatic heterocycles. The molecule has 0 amide bonds. The van der Waals surface area contributed by atoms with Crippen LogP contribution in [0.2, 0.25) is 0 Å². The van der Waals surface area contributed by atoms with E-state index in [1.54, 1.807) is 12.3 Å². The molecule has 3 heteroatoms. The lowest BCUT2D eigenvalue weighted by atomic mass is 10.1. The van der Waals surface area contributed by atoms with Crippen molar-refractivity contribution < 1.29 is 9.84 Å². The van der Waals surface area contributed by atoms with Gasteiger partial charge in [0.05, 0.1) is 6.61 Å². The lowest BCUT2D eigenvalue weighted by Crippen LogP contribution is -2.00. The number of nitrogens with zero attached hydrogens (tertiary/aromatic N) is 1. The maximum Gasteiger partial charge on any atom is 0.143 e. The number of aryl methyl sites for hydroxylation is 1. The second-order valence-corrected chi connectivity index (χ2v) is 4.07. The van der Waals surface area contributed by atoms with Crippen LogP contribution in [0, 0.1) is 0 Å². The van der Waals surface area contributed by atoms with E-state index in [-0.39, 0.29) is 6.61 Å². The number of rotatable bonds is 5. The Morgan fingerprint density at radius 1 is 1.17 bits per heavy atom. The summed E-state index contributed by atoms with van der Waals surface area (Å²) in [5, 5.41) is 9.16. The molecule has 0 aliphatic carbocycles. The number of ether oxygens (including phenoxy) is 1. The first-order valence-corrected chi connectivity index (χ1v) is 6.09. The van der Waals surface area contributed by atoms with E-state index in [4.69, 9.17) is 9.84 Å². The van der Waals surface area contributed by atoms with E-state index in [0.29, 0.717) is 18.1 Å². The Morgan fingerprint density at radius 2 is 2.00 bits per heavy atom. The zero-order chi connectivity index (χ0) is 12.8. The predicted octanol–water partition coefficient (Wildman–Crippen LogP) is 2.72. The highest BCUT2D eigenvalue weighted by Crippen LogP contribution is 2.17. The topological polar surface area (TPSA) is 42.4 Å². The molecule has 0 unspecified atom stereocenters. The van der Waals surface area contributed by atoms with Crippen LogP contribution in [0.25, 0.3) is 0 Å². The quantitative estimate of drug-likeness (QED) is 0.878. The van der Waals surface area contributed by atoms with Crippen LogP contribution in [-0.2, 0) is 19.6 Å². The van der Waals surface area contributed by atoms with Crippen molar-refractivity contribution in [2.45, 2.75) is 26.6 Å². The fourth-order valence-electron chi connectivity index (χ4n) is 1.77. The summed E-state index contributed by atoms with van der Waals surface area (Å²) in [5.41, 5.74) is 3.00. The first-order chi connectivity index (χ1) is 8.83. The summed E-state index contributed by atoms with van der Waals surface area (Å²) in [5.74, 6) is 0.641. The summed E-state index contributed by atoms with van der Waals surface area (Å²) in [6, 6.07) is 11.9. The first-order valence-electron chi connectivity index (χ1n) is 6.09. The van der Waals surface area contributed by atoms with Gasteiger partial charge < -0.3 is 9.84 Å².